The van der Waals surface area contributed by atoms with E-state index in [1.54, 1.807) is 18.2 Å². The lowest BCUT2D eigenvalue weighted by molar-refractivity contribution is 0.953. The second kappa shape index (κ2) is 7.15. The molecular formula is C20H12ClN5O2. The van der Waals surface area contributed by atoms with Crippen molar-refractivity contribution < 1.29 is 0 Å². The average Bonchev–Trinajstić information content (AvgIpc) is 3.47. The summed E-state index contributed by atoms with van der Waals surface area (Å²) in [6, 6.07) is 10.9. The molecule has 7 nitrogen and oxygen atoms in total. The van der Waals surface area contributed by atoms with Gasteiger partial charge >= 0.3 is 5.69 Å². The van der Waals surface area contributed by atoms with E-state index >= 15 is 0 Å². The molecule has 0 unspecified atom stereocenters. The Balaban J connectivity index is 1.57. The third-order valence-corrected chi connectivity index (χ3v) is 4.77. The molecule has 4 rings (SSSR count). The molecule has 1 aliphatic carbocycles. The highest BCUT2D eigenvalue weighted by atomic mass is 35.5. The number of aromatic amines is 2. The Labute approximate surface area is 164 Å². The summed E-state index contributed by atoms with van der Waals surface area (Å²) in [5.74, 6) is 6.54. The Bertz CT molecular complexity index is 1280. The quantitative estimate of drug-likeness (QED) is 0.652. The van der Waals surface area contributed by atoms with Gasteiger partial charge in [0.1, 0.15) is 5.69 Å². The molecule has 0 amide bonds. The Morgan fingerprint density at radius 1 is 1.14 bits per heavy atom. The largest absolute Gasteiger partial charge is 0.325 e. The van der Waals surface area contributed by atoms with Crippen LogP contribution in [0.15, 0.2) is 46.1 Å². The predicted octanol–water partition coefficient (Wildman–Crippen LogP) is 2.20. The van der Waals surface area contributed by atoms with Crippen LogP contribution in [0, 0.1) is 29.1 Å². The molecule has 0 aliphatic heterocycles. The highest BCUT2D eigenvalue weighted by Gasteiger charge is 2.39. The van der Waals surface area contributed by atoms with E-state index in [4.69, 9.17) is 16.9 Å². The maximum atomic E-state index is 12.0. The smallest absolute Gasteiger partial charge is 0.313 e. The molecule has 0 saturated heterocycles. The average molecular weight is 390 g/mol. The Morgan fingerprint density at radius 2 is 1.89 bits per heavy atom. The molecule has 2 aromatic heterocycles. The minimum Gasteiger partial charge on any atom is -0.313 e. The summed E-state index contributed by atoms with van der Waals surface area (Å²) in [7, 11) is 0. The van der Waals surface area contributed by atoms with Gasteiger partial charge < -0.3 is 4.98 Å². The summed E-state index contributed by atoms with van der Waals surface area (Å²) in [5, 5.41) is 17.0. The van der Waals surface area contributed by atoms with E-state index in [1.807, 2.05) is 12.1 Å². The Morgan fingerprint density at radius 3 is 2.61 bits per heavy atom. The lowest BCUT2D eigenvalue weighted by atomic mass is 10.1. The number of nitrogens with zero attached hydrogens (tertiary/aromatic N) is 3. The first-order valence-corrected chi connectivity index (χ1v) is 8.80. The Hall–Kier alpha value is -3.68. The minimum atomic E-state index is -0.587. The SMILES string of the molecule is N#Cc1ccc(C#C[C@H]2C[C@@H]2c2cc(-c3c[nH]c(=O)[nH]c3=O)nnc2Cl)cc1. The molecule has 1 fully saturated rings. The molecule has 1 aromatic carbocycles. The summed E-state index contributed by atoms with van der Waals surface area (Å²) in [6.45, 7) is 0. The van der Waals surface area contributed by atoms with Gasteiger partial charge in [-0.05, 0) is 42.3 Å². The van der Waals surface area contributed by atoms with Gasteiger partial charge in [-0.3, -0.25) is 9.78 Å². The normalized spacial score (nSPS) is 17.3. The van der Waals surface area contributed by atoms with Gasteiger partial charge in [-0.1, -0.05) is 23.4 Å². The third kappa shape index (κ3) is 3.57. The number of rotatable bonds is 2. The topological polar surface area (TPSA) is 115 Å². The molecule has 2 atom stereocenters. The lowest BCUT2D eigenvalue weighted by Gasteiger charge is -2.04. The fourth-order valence-corrected chi connectivity index (χ4v) is 3.12. The minimum absolute atomic E-state index is 0.106. The summed E-state index contributed by atoms with van der Waals surface area (Å²) >= 11 is 6.20. The monoisotopic (exact) mass is 389 g/mol. The van der Waals surface area contributed by atoms with Crippen molar-refractivity contribution in [3.8, 4) is 29.2 Å². The van der Waals surface area contributed by atoms with E-state index in [0.717, 1.165) is 17.5 Å². The second-order valence-corrected chi connectivity index (χ2v) is 6.73. The first kappa shape index (κ1) is 17.7. The van der Waals surface area contributed by atoms with E-state index in [-0.39, 0.29) is 22.6 Å². The second-order valence-electron chi connectivity index (χ2n) is 6.37. The summed E-state index contributed by atoms with van der Waals surface area (Å²) in [6.07, 6.45) is 2.13. The molecule has 136 valence electrons. The standard InChI is InChI=1S/C20H12ClN5O2/c21-18-15(8-17(25-26-18)16-10-23-20(28)24-19(16)27)14-7-13(14)6-5-11-1-3-12(9-22)4-2-11/h1-4,8,10,13-14H,7H2,(H2,23,24,27,28)/t13-,14-/m0/s1. The van der Waals surface area contributed by atoms with Crippen LogP contribution in [0.3, 0.4) is 0 Å². The van der Waals surface area contributed by atoms with Gasteiger partial charge in [-0.15, -0.1) is 10.2 Å². The molecule has 3 aromatic rings. The molecule has 2 N–H and O–H groups in total. The number of benzene rings is 1. The Kier molecular flexibility index (Phi) is 4.52. The zero-order valence-electron chi connectivity index (χ0n) is 14.4. The van der Waals surface area contributed by atoms with Gasteiger partial charge in [-0.25, -0.2) is 4.79 Å². The number of aromatic nitrogens is 4. The third-order valence-electron chi connectivity index (χ3n) is 4.48. The van der Waals surface area contributed by atoms with E-state index in [1.165, 1.54) is 6.20 Å². The summed E-state index contributed by atoms with van der Waals surface area (Å²) in [5.41, 5.74) is 1.62. The van der Waals surface area contributed by atoms with Gasteiger partial charge in [0.05, 0.1) is 17.2 Å². The molecule has 0 bridgehead atoms. The highest BCUT2D eigenvalue weighted by Crippen LogP contribution is 2.49. The van der Waals surface area contributed by atoms with Gasteiger partial charge in [0.2, 0.25) is 0 Å². The lowest BCUT2D eigenvalue weighted by Crippen LogP contribution is -2.23. The fourth-order valence-electron chi connectivity index (χ4n) is 2.89. The number of hydrogen-bond acceptors (Lipinski definition) is 5. The van der Waals surface area contributed by atoms with Crippen molar-refractivity contribution in [2.24, 2.45) is 5.92 Å². The summed E-state index contributed by atoms with van der Waals surface area (Å²) in [4.78, 5) is 27.7. The molecule has 0 radical (unpaired) electrons. The van der Waals surface area contributed by atoms with Gasteiger partial charge in [-0.2, -0.15) is 5.26 Å². The van der Waals surface area contributed by atoms with E-state index < -0.39 is 11.2 Å². The van der Waals surface area contributed by atoms with Crippen molar-refractivity contribution >= 4 is 11.6 Å². The van der Waals surface area contributed by atoms with Crippen LogP contribution in [0.4, 0.5) is 0 Å². The number of halogens is 1. The predicted molar refractivity (Wildman–Crippen MR) is 103 cm³/mol. The van der Waals surface area contributed by atoms with Gasteiger partial charge in [0.15, 0.2) is 5.15 Å². The van der Waals surface area contributed by atoms with Crippen LogP contribution in [-0.2, 0) is 0 Å². The summed E-state index contributed by atoms with van der Waals surface area (Å²) < 4.78 is 0. The van der Waals surface area contributed by atoms with E-state index in [2.05, 4.69) is 38.1 Å². The number of H-pyrrole nitrogens is 2. The van der Waals surface area contributed by atoms with Crippen molar-refractivity contribution in [1.29, 1.82) is 5.26 Å². The van der Waals surface area contributed by atoms with Gasteiger partial charge in [0.25, 0.3) is 5.56 Å². The van der Waals surface area contributed by atoms with Crippen LogP contribution in [0.25, 0.3) is 11.3 Å². The van der Waals surface area contributed by atoms with Gasteiger partial charge in [0, 0.05) is 23.6 Å². The number of nitriles is 1. The van der Waals surface area contributed by atoms with Crippen LogP contribution < -0.4 is 11.2 Å². The van der Waals surface area contributed by atoms with Crippen LogP contribution >= 0.6 is 11.6 Å². The first-order chi connectivity index (χ1) is 13.5. The van der Waals surface area contributed by atoms with E-state index in [9.17, 15) is 9.59 Å². The maximum Gasteiger partial charge on any atom is 0.325 e. The van der Waals surface area contributed by atoms with Crippen LogP contribution in [0.1, 0.15) is 29.0 Å². The van der Waals surface area contributed by atoms with Crippen molar-refractivity contribution in [2.45, 2.75) is 12.3 Å². The van der Waals surface area contributed by atoms with Crippen molar-refractivity contribution in [3.63, 3.8) is 0 Å². The van der Waals surface area contributed by atoms with Crippen LogP contribution in [0.5, 0.6) is 0 Å². The van der Waals surface area contributed by atoms with E-state index in [0.29, 0.717) is 11.3 Å². The fraction of sp³-hybridized carbons (Fsp3) is 0.150. The molecule has 8 heteroatoms. The van der Waals surface area contributed by atoms with Crippen molar-refractivity contribution in [3.05, 3.63) is 79.2 Å². The molecule has 28 heavy (non-hydrogen) atoms. The first-order valence-electron chi connectivity index (χ1n) is 8.42. The maximum absolute atomic E-state index is 12.0. The molecule has 2 heterocycles. The molecular weight excluding hydrogens is 378 g/mol. The van der Waals surface area contributed by atoms with Crippen molar-refractivity contribution in [1.82, 2.24) is 20.2 Å². The zero-order valence-corrected chi connectivity index (χ0v) is 15.1. The number of nitrogens with one attached hydrogen (secondary N) is 2. The molecule has 1 saturated carbocycles. The van der Waals surface area contributed by atoms with Crippen molar-refractivity contribution in [2.75, 3.05) is 0 Å². The van der Waals surface area contributed by atoms with Crippen LogP contribution in [-0.4, -0.2) is 20.2 Å². The number of hydrogen-bond donors (Lipinski definition) is 2. The highest BCUT2D eigenvalue weighted by molar-refractivity contribution is 6.30. The van der Waals surface area contributed by atoms with Crippen LogP contribution in [0.2, 0.25) is 5.15 Å². The molecule has 0 spiro atoms. The zero-order chi connectivity index (χ0) is 19.7. The molecule has 1 aliphatic rings.